The molecule has 0 aliphatic heterocycles. The molecule has 0 fully saturated rings. The quantitative estimate of drug-likeness (QED) is 0.140. The SMILES string of the molecule is Cc1cc(C)c(B(c2ccc(-c3ccnc(-c4cc(-c5ccc(B(c6ccccc6)c6ccccc6)cc5)ccn4)c3)cc2)c2c(C)cc(C)cc2C)c(C)c1. The number of aromatic nitrogens is 2. The van der Waals surface area contributed by atoms with Crippen molar-refractivity contribution in [3.8, 4) is 33.6 Å². The Kier molecular flexibility index (Phi) is 10.4. The van der Waals surface area contributed by atoms with Crippen LogP contribution in [-0.2, 0) is 0 Å². The van der Waals surface area contributed by atoms with E-state index in [-0.39, 0.29) is 13.4 Å². The summed E-state index contributed by atoms with van der Waals surface area (Å²) in [5.74, 6) is 0. The molecule has 56 heavy (non-hydrogen) atoms. The summed E-state index contributed by atoms with van der Waals surface area (Å²) in [6, 6.07) is 57.4. The number of hydrogen-bond donors (Lipinski definition) is 0. The highest BCUT2D eigenvalue weighted by molar-refractivity contribution is 6.96. The van der Waals surface area contributed by atoms with Crippen LogP contribution in [-0.4, -0.2) is 23.4 Å². The number of hydrogen-bond acceptors (Lipinski definition) is 2. The van der Waals surface area contributed by atoms with Gasteiger partial charge in [-0.15, -0.1) is 0 Å². The highest BCUT2D eigenvalue weighted by Gasteiger charge is 2.28. The third kappa shape index (κ3) is 7.53. The lowest BCUT2D eigenvalue weighted by molar-refractivity contribution is 1.25. The highest BCUT2D eigenvalue weighted by Crippen LogP contribution is 2.27. The predicted molar refractivity (Wildman–Crippen MR) is 242 cm³/mol. The van der Waals surface area contributed by atoms with E-state index >= 15 is 0 Å². The van der Waals surface area contributed by atoms with E-state index in [0.717, 1.165) is 33.6 Å². The fourth-order valence-electron chi connectivity index (χ4n) is 8.88. The van der Waals surface area contributed by atoms with Crippen molar-refractivity contribution in [2.45, 2.75) is 41.5 Å². The van der Waals surface area contributed by atoms with Crippen LogP contribution in [0.25, 0.3) is 33.6 Å². The first-order valence-electron chi connectivity index (χ1n) is 19.6. The molecule has 2 nitrogen and oxygen atoms in total. The molecule has 0 saturated carbocycles. The van der Waals surface area contributed by atoms with E-state index in [1.807, 2.05) is 12.4 Å². The van der Waals surface area contributed by atoms with Crippen LogP contribution in [0.15, 0.2) is 170 Å². The van der Waals surface area contributed by atoms with E-state index < -0.39 is 0 Å². The first-order valence-corrected chi connectivity index (χ1v) is 19.6. The van der Waals surface area contributed by atoms with Crippen LogP contribution in [0.4, 0.5) is 0 Å². The molecule has 8 aromatic rings. The Bertz CT molecular complexity index is 2490. The molecule has 6 aromatic carbocycles. The molecular formula is C52H46B2N2. The maximum atomic E-state index is 4.79. The minimum absolute atomic E-state index is 0.141. The number of aryl methyl sites for hydroxylation is 6. The van der Waals surface area contributed by atoms with Gasteiger partial charge in [-0.3, -0.25) is 9.97 Å². The average molecular weight is 721 g/mol. The summed E-state index contributed by atoms with van der Waals surface area (Å²) in [4.78, 5) is 9.57. The fourth-order valence-corrected chi connectivity index (χ4v) is 8.88. The minimum Gasteiger partial charge on any atom is -0.255 e. The smallest absolute Gasteiger partial charge is 0.242 e. The lowest BCUT2D eigenvalue weighted by atomic mass is 9.34. The number of pyridine rings is 2. The predicted octanol–water partition coefficient (Wildman–Crippen LogP) is 8.36. The lowest BCUT2D eigenvalue weighted by Gasteiger charge is -2.24. The lowest BCUT2D eigenvalue weighted by Crippen LogP contribution is -2.55. The van der Waals surface area contributed by atoms with Gasteiger partial charge >= 0.3 is 0 Å². The monoisotopic (exact) mass is 720 g/mol. The normalized spacial score (nSPS) is 11.0. The van der Waals surface area contributed by atoms with Crippen LogP contribution in [0.5, 0.6) is 0 Å². The van der Waals surface area contributed by atoms with Crippen LogP contribution < -0.4 is 32.8 Å². The Balaban J connectivity index is 1.09. The first kappa shape index (κ1) is 36.7. The molecule has 2 heterocycles. The fraction of sp³-hybridized carbons (Fsp3) is 0.115. The van der Waals surface area contributed by atoms with Gasteiger partial charge in [-0.1, -0.05) is 200 Å². The standard InChI is InChI=1S/C52H46B2N2/c1-35-29-37(3)51(38(4)30-35)54(52-39(5)31-36(2)32-40(52)6)48-23-19-42(20-24-48)44-26-28-56-50(34-44)49-33-43(25-27-55-49)41-17-21-47(22-18-41)53(45-13-9-7-10-14-45)46-15-11-8-12-16-46/h7-34H,1-6H3. The summed E-state index contributed by atoms with van der Waals surface area (Å²) in [7, 11) is 0. The van der Waals surface area contributed by atoms with Crippen molar-refractivity contribution in [2.75, 3.05) is 0 Å². The minimum atomic E-state index is 0.141. The Morgan fingerprint density at radius 1 is 0.321 bits per heavy atom. The molecule has 4 heteroatoms. The zero-order valence-electron chi connectivity index (χ0n) is 33.2. The number of rotatable bonds is 9. The van der Waals surface area contributed by atoms with E-state index in [4.69, 9.17) is 9.97 Å². The van der Waals surface area contributed by atoms with E-state index in [1.165, 1.54) is 66.2 Å². The second-order valence-corrected chi connectivity index (χ2v) is 15.4. The molecule has 0 unspecified atom stereocenters. The number of benzene rings is 6. The van der Waals surface area contributed by atoms with Crippen molar-refractivity contribution in [1.82, 2.24) is 9.97 Å². The van der Waals surface area contributed by atoms with Crippen molar-refractivity contribution in [1.29, 1.82) is 0 Å². The van der Waals surface area contributed by atoms with Crippen molar-refractivity contribution < 1.29 is 0 Å². The van der Waals surface area contributed by atoms with Gasteiger partial charge < -0.3 is 0 Å². The Morgan fingerprint density at radius 2 is 0.661 bits per heavy atom. The van der Waals surface area contributed by atoms with Gasteiger partial charge in [0.25, 0.3) is 0 Å². The molecule has 8 rings (SSSR count). The zero-order valence-corrected chi connectivity index (χ0v) is 33.2. The maximum Gasteiger partial charge on any atom is 0.242 e. The summed E-state index contributed by atoms with van der Waals surface area (Å²) in [6.07, 6.45) is 3.79. The first-order chi connectivity index (χ1) is 27.2. The molecule has 0 N–H and O–H groups in total. The summed E-state index contributed by atoms with van der Waals surface area (Å²) in [5.41, 5.74) is 22.1. The third-order valence-electron chi connectivity index (χ3n) is 11.3. The van der Waals surface area contributed by atoms with Crippen molar-refractivity contribution in [3.63, 3.8) is 0 Å². The largest absolute Gasteiger partial charge is 0.255 e. The van der Waals surface area contributed by atoms with Crippen molar-refractivity contribution in [3.05, 3.63) is 203 Å². The van der Waals surface area contributed by atoms with Gasteiger partial charge in [0.15, 0.2) is 0 Å². The summed E-state index contributed by atoms with van der Waals surface area (Å²) < 4.78 is 0. The van der Waals surface area contributed by atoms with Gasteiger partial charge in [-0.2, -0.15) is 0 Å². The third-order valence-corrected chi connectivity index (χ3v) is 11.3. The van der Waals surface area contributed by atoms with Crippen molar-refractivity contribution in [2.24, 2.45) is 0 Å². The molecule has 0 bridgehead atoms. The van der Waals surface area contributed by atoms with Gasteiger partial charge in [-0.25, -0.2) is 0 Å². The molecule has 0 saturated heterocycles. The summed E-state index contributed by atoms with van der Waals surface area (Å²) in [6.45, 7) is 13.7. The van der Waals surface area contributed by atoms with Crippen LogP contribution >= 0.6 is 0 Å². The second kappa shape index (κ2) is 15.8. The summed E-state index contributed by atoms with van der Waals surface area (Å²) >= 11 is 0. The van der Waals surface area contributed by atoms with E-state index in [1.54, 1.807) is 0 Å². The number of nitrogens with zero attached hydrogens (tertiary/aromatic N) is 2. The van der Waals surface area contributed by atoms with Crippen LogP contribution in [0.1, 0.15) is 33.4 Å². The maximum absolute atomic E-state index is 4.79. The topological polar surface area (TPSA) is 25.8 Å². The molecule has 0 aliphatic carbocycles. The molecular weight excluding hydrogens is 674 g/mol. The molecule has 270 valence electrons. The van der Waals surface area contributed by atoms with Gasteiger partial charge in [-0.05, 0) is 88.1 Å². The zero-order chi connectivity index (χ0) is 38.8. The molecule has 0 radical (unpaired) electrons. The van der Waals surface area contributed by atoms with E-state index in [9.17, 15) is 0 Å². The highest BCUT2D eigenvalue weighted by atomic mass is 14.8. The van der Waals surface area contributed by atoms with E-state index in [2.05, 4.69) is 199 Å². The second-order valence-electron chi connectivity index (χ2n) is 15.4. The average Bonchev–Trinajstić information content (AvgIpc) is 3.21. The Morgan fingerprint density at radius 3 is 1.04 bits per heavy atom. The van der Waals surface area contributed by atoms with Gasteiger partial charge in [0, 0.05) is 12.4 Å². The Hall–Kier alpha value is -6.25. The molecule has 0 atom stereocenters. The van der Waals surface area contributed by atoms with Gasteiger partial charge in [0.05, 0.1) is 11.4 Å². The molecule has 0 aliphatic rings. The van der Waals surface area contributed by atoms with Crippen LogP contribution in [0.2, 0.25) is 0 Å². The van der Waals surface area contributed by atoms with Gasteiger partial charge in [0.2, 0.25) is 13.4 Å². The van der Waals surface area contributed by atoms with Crippen LogP contribution in [0, 0.1) is 41.5 Å². The van der Waals surface area contributed by atoms with Gasteiger partial charge in [0.1, 0.15) is 0 Å². The van der Waals surface area contributed by atoms with E-state index in [0.29, 0.717) is 0 Å². The molecule has 2 aromatic heterocycles. The molecule has 0 amide bonds. The summed E-state index contributed by atoms with van der Waals surface area (Å²) in [5, 5.41) is 0. The molecule has 0 spiro atoms. The van der Waals surface area contributed by atoms with Crippen molar-refractivity contribution >= 4 is 46.2 Å². The Labute approximate surface area is 333 Å². The van der Waals surface area contributed by atoms with Crippen LogP contribution in [0.3, 0.4) is 0 Å².